The zero-order valence-electron chi connectivity index (χ0n) is 13.0. The van der Waals surface area contributed by atoms with E-state index in [9.17, 15) is 9.59 Å². The van der Waals surface area contributed by atoms with E-state index in [1.165, 1.54) is 22.1 Å². The van der Waals surface area contributed by atoms with E-state index >= 15 is 0 Å². The number of rotatable bonds is 3. The summed E-state index contributed by atoms with van der Waals surface area (Å²) in [4.78, 5) is 30.1. The second-order valence-corrected chi connectivity index (χ2v) is 6.90. The molecule has 0 spiro atoms. The number of hydrogen-bond donors (Lipinski definition) is 0. The van der Waals surface area contributed by atoms with Gasteiger partial charge in [-0.15, -0.1) is 11.3 Å². The second-order valence-electron chi connectivity index (χ2n) is 5.75. The van der Waals surface area contributed by atoms with Crippen molar-refractivity contribution < 1.29 is 4.79 Å². The van der Waals surface area contributed by atoms with Crippen molar-refractivity contribution in [3.8, 4) is 11.3 Å². The van der Waals surface area contributed by atoms with Gasteiger partial charge in [-0.25, -0.2) is 9.67 Å². The van der Waals surface area contributed by atoms with Gasteiger partial charge in [0.2, 0.25) is 0 Å². The van der Waals surface area contributed by atoms with Crippen LogP contribution in [0.3, 0.4) is 0 Å². The molecule has 1 aliphatic rings. The number of hydrogen-bond acceptors (Lipinski definition) is 5. The summed E-state index contributed by atoms with van der Waals surface area (Å²) in [5.41, 5.74) is 3.47. The largest absolute Gasteiger partial charge is 0.333 e. The van der Waals surface area contributed by atoms with E-state index in [1.54, 1.807) is 34.0 Å². The lowest BCUT2D eigenvalue weighted by Crippen LogP contribution is -2.53. The van der Waals surface area contributed by atoms with Gasteiger partial charge in [-0.1, -0.05) is 23.7 Å². The van der Waals surface area contributed by atoms with Crippen molar-refractivity contribution in [2.24, 2.45) is 0 Å². The number of thiazole rings is 1. The quantitative estimate of drug-likeness (QED) is 0.709. The number of amides is 1. The highest BCUT2D eigenvalue weighted by Gasteiger charge is 2.34. The van der Waals surface area contributed by atoms with Gasteiger partial charge in [-0.2, -0.15) is 5.10 Å². The molecule has 25 heavy (non-hydrogen) atoms. The molecule has 2 aromatic heterocycles. The molecule has 3 heterocycles. The van der Waals surface area contributed by atoms with Gasteiger partial charge in [-0.05, 0) is 18.2 Å². The van der Waals surface area contributed by atoms with Crippen LogP contribution in [-0.4, -0.2) is 38.7 Å². The van der Waals surface area contributed by atoms with Gasteiger partial charge < -0.3 is 4.90 Å². The van der Waals surface area contributed by atoms with Gasteiger partial charge in [-0.3, -0.25) is 9.59 Å². The Labute approximate surface area is 152 Å². The molecule has 0 radical (unpaired) electrons. The number of aromatic nitrogens is 3. The third-order valence-corrected chi connectivity index (χ3v) is 4.95. The standard InChI is InChI=1S/C17H13ClN4O2S/c18-12-3-1-11(2-4-12)14-5-6-16(23)22(20-14)13-7-21(8-13)17(24)15-9-25-10-19-15/h1-6,9-10,13H,7-8H2. The number of nitrogens with zero attached hydrogens (tertiary/aromatic N) is 4. The van der Waals surface area contributed by atoms with Crippen LogP contribution in [0.4, 0.5) is 0 Å². The van der Waals surface area contributed by atoms with E-state index in [1.807, 2.05) is 12.1 Å². The fourth-order valence-corrected chi connectivity index (χ4v) is 3.37. The molecule has 1 saturated heterocycles. The summed E-state index contributed by atoms with van der Waals surface area (Å²) in [5, 5.41) is 6.83. The zero-order valence-corrected chi connectivity index (χ0v) is 14.6. The fourth-order valence-electron chi connectivity index (χ4n) is 2.72. The summed E-state index contributed by atoms with van der Waals surface area (Å²) in [6.45, 7) is 0.903. The Balaban J connectivity index is 1.54. The summed E-state index contributed by atoms with van der Waals surface area (Å²) < 4.78 is 1.45. The Morgan fingerprint density at radius 3 is 2.60 bits per heavy atom. The van der Waals surface area contributed by atoms with Crippen LogP contribution in [0, 0.1) is 0 Å². The molecule has 0 bridgehead atoms. The maximum Gasteiger partial charge on any atom is 0.273 e. The highest BCUT2D eigenvalue weighted by atomic mass is 35.5. The van der Waals surface area contributed by atoms with Gasteiger partial charge in [0, 0.05) is 35.1 Å². The molecule has 0 aliphatic carbocycles. The number of likely N-dealkylation sites (tertiary alicyclic amines) is 1. The number of carbonyl (C=O) groups excluding carboxylic acids is 1. The Hall–Kier alpha value is -2.51. The molecule has 0 atom stereocenters. The maximum atomic E-state index is 12.2. The average molecular weight is 373 g/mol. The topological polar surface area (TPSA) is 68.1 Å². The molecule has 0 N–H and O–H groups in total. The predicted octanol–water partition coefficient (Wildman–Crippen LogP) is 2.72. The van der Waals surface area contributed by atoms with Crippen molar-refractivity contribution in [2.75, 3.05) is 13.1 Å². The lowest BCUT2D eigenvalue weighted by Gasteiger charge is -2.38. The monoisotopic (exact) mass is 372 g/mol. The summed E-state index contributed by atoms with van der Waals surface area (Å²) in [6, 6.07) is 10.4. The average Bonchev–Trinajstić information content (AvgIpc) is 3.10. The minimum Gasteiger partial charge on any atom is -0.333 e. The molecule has 0 unspecified atom stereocenters. The van der Waals surface area contributed by atoms with Crippen molar-refractivity contribution in [3.05, 3.63) is 68.4 Å². The number of carbonyl (C=O) groups is 1. The number of benzene rings is 1. The van der Waals surface area contributed by atoms with Crippen LogP contribution >= 0.6 is 22.9 Å². The molecule has 126 valence electrons. The molecule has 1 fully saturated rings. The van der Waals surface area contributed by atoms with Crippen LogP contribution < -0.4 is 5.56 Å². The molecule has 1 aliphatic heterocycles. The minimum absolute atomic E-state index is 0.112. The zero-order chi connectivity index (χ0) is 17.4. The molecule has 4 rings (SSSR count). The van der Waals surface area contributed by atoms with Gasteiger partial charge in [0.05, 0.1) is 17.2 Å². The van der Waals surface area contributed by atoms with Crippen LogP contribution in [0.5, 0.6) is 0 Å². The second kappa shape index (κ2) is 6.42. The smallest absolute Gasteiger partial charge is 0.273 e. The number of halogens is 1. The third-order valence-electron chi connectivity index (χ3n) is 4.11. The van der Waals surface area contributed by atoms with Crippen LogP contribution in [0.15, 0.2) is 52.1 Å². The van der Waals surface area contributed by atoms with E-state index in [4.69, 9.17) is 11.6 Å². The Morgan fingerprint density at radius 2 is 1.92 bits per heavy atom. The maximum absolute atomic E-state index is 12.2. The van der Waals surface area contributed by atoms with Crippen LogP contribution in [0.2, 0.25) is 5.02 Å². The first kappa shape index (κ1) is 16.0. The first-order chi connectivity index (χ1) is 12.1. The summed E-state index contributed by atoms with van der Waals surface area (Å²) in [5.74, 6) is -0.112. The summed E-state index contributed by atoms with van der Waals surface area (Å²) >= 11 is 7.29. The van der Waals surface area contributed by atoms with Gasteiger partial charge in [0.25, 0.3) is 11.5 Å². The highest BCUT2D eigenvalue weighted by Crippen LogP contribution is 2.23. The predicted molar refractivity (Wildman–Crippen MR) is 96.0 cm³/mol. The van der Waals surface area contributed by atoms with Crippen LogP contribution in [0.25, 0.3) is 11.3 Å². The van der Waals surface area contributed by atoms with Crippen molar-refractivity contribution in [1.82, 2.24) is 19.7 Å². The normalized spacial score (nSPS) is 14.4. The Bertz CT molecular complexity index is 963. The van der Waals surface area contributed by atoms with E-state index in [0.29, 0.717) is 29.5 Å². The van der Waals surface area contributed by atoms with Crippen molar-refractivity contribution in [1.29, 1.82) is 0 Å². The Kier molecular flexibility index (Phi) is 4.10. The summed E-state index contributed by atoms with van der Waals surface area (Å²) in [7, 11) is 0. The van der Waals surface area contributed by atoms with Gasteiger partial charge in [0.15, 0.2) is 0 Å². The van der Waals surface area contributed by atoms with Crippen molar-refractivity contribution in [2.45, 2.75) is 6.04 Å². The lowest BCUT2D eigenvalue weighted by atomic mass is 10.1. The minimum atomic E-state index is -0.177. The molecule has 1 aromatic carbocycles. The third kappa shape index (κ3) is 3.08. The van der Waals surface area contributed by atoms with Gasteiger partial charge in [0.1, 0.15) is 5.69 Å². The molecule has 6 nitrogen and oxygen atoms in total. The lowest BCUT2D eigenvalue weighted by molar-refractivity contribution is 0.0488. The first-order valence-corrected chi connectivity index (χ1v) is 8.97. The first-order valence-electron chi connectivity index (χ1n) is 7.65. The summed E-state index contributed by atoms with van der Waals surface area (Å²) in [6.07, 6.45) is 0. The molecular weight excluding hydrogens is 360 g/mol. The molecule has 8 heteroatoms. The molecule has 0 saturated carbocycles. The fraction of sp³-hybridized carbons (Fsp3) is 0.176. The van der Waals surface area contributed by atoms with Gasteiger partial charge >= 0.3 is 0 Å². The molecule has 3 aromatic rings. The Morgan fingerprint density at radius 1 is 1.16 bits per heavy atom. The highest BCUT2D eigenvalue weighted by molar-refractivity contribution is 7.07. The molecular formula is C17H13ClN4O2S. The van der Waals surface area contributed by atoms with E-state index in [-0.39, 0.29) is 17.5 Å². The molecule has 1 amide bonds. The van der Waals surface area contributed by atoms with Crippen LogP contribution in [0.1, 0.15) is 16.5 Å². The van der Waals surface area contributed by atoms with E-state index < -0.39 is 0 Å². The van der Waals surface area contributed by atoms with Crippen LogP contribution in [-0.2, 0) is 0 Å². The van der Waals surface area contributed by atoms with Crippen molar-refractivity contribution in [3.63, 3.8) is 0 Å². The van der Waals surface area contributed by atoms with E-state index in [2.05, 4.69) is 10.1 Å². The SMILES string of the molecule is O=C(c1cscn1)N1CC(n2nc(-c3ccc(Cl)cc3)ccc2=O)C1. The van der Waals surface area contributed by atoms with E-state index in [0.717, 1.165) is 5.56 Å². The van der Waals surface area contributed by atoms with Crippen molar-refractivity contribution >= 4 is 28.8 Å².